The zero-order valence-corrected chi connectivity index (χ0v) is 21.5. The van der Waals surface area contributed by atoms with E-state index >= 15 is 4.39 Å². The van der Waals surface area contributed by atoms with Gasteiger partial charge in [-0.15, -0.1) is 0 Å². The molecule has 0 N–H and O–H groups in total. The summed E-state index contributed by atoms with van der Waals surface area (Å²) < 4.78 is 17.0. The first-order valence-electron chi connectivity index (χ1n) is 12.5. The highest BCUT2D eigenvalue weighted by Crippen LogP contribution is 2.29. The predicted molar refractivity (Wildman–Crippen MR) is 142 cm³/mol. The van der Waals surface area contributed by atoms with E-state index in [0.717, 1.165) is 21.2 Å². The summed E-state index contributed by atoms with van der Waals surface area (Å²) >= 11 is 0. The third kappa shape index (κ3) is 4.92. The first-order valence-corrected chi connectivity index (χ1v) is 12.5. The van der Waals surface area contributed by atoms with E-state index in [9.17, 15) is 10.1 Å². The molecule has 0 aliphatic carbocycles. The molecule has 11 nitrogen and oxygen atoms in total. The van der Waals surface area contributed by atoms with Crippen LogP contribution in [0.25, 0.3) is 16.8 Å². The minimum Gasteiger partial charge on any atom is -0.349 e. The van der Waals surface area contributed by atoms with Gasteiger partial charge in [0, 0.05) is 49.8 Å². The molecule has 3 aromatic heterocycles. The van der Waals surface area contributed by atoms with Crippen LogP contribution in [0, 0.1) is 28.5 Å². The Bertz CT molecular complexity index is 1650. The van der Waals surface area contributed by atoms with Gasteiger partial charge in [0.15, 0.2) is 0 Å². The molecule has 0 unspecified atom stereocenters. The minimum absolute atomic E-state index is 0.0121. The van der Waals surface area contributed by atoms with Gasteiger partial charge < -0.3 is 9.80 Å². The molecule has 0 amide bonds. The maximum absolute atomic E-state index is 15.0. The molecule has 196 valence electrons. The van der Waals surface area contributed by atoms with Crippen molar-refractivity contribution in [3.8, 4) is 29.0 Å². The van der Waals surface area contributed by atoms with Crippen LogP contribution >= 0.6 is 0 Å². The van der Waals surface area contributed by atoms with Gasteiger partial charge in [0.05, 0.1) is 17.3 Å². The second kappa shape index (κ2) is 10.7. The van der Waals surface area contributed by atoms with Crippen molar-refractivity contribution in [1.29, 1.82) is 10.5 Å². The number of nitrogens with zero attached hydrogens (tertiary/aromatic N) is 10. The minimum atomic E-state index is -0.646. The second-order valence-corrected chi connectivity index (χ2v) is 9.21. The Kier molecular flexibility index (Phi) is 7.02. The van der Waals surface area contributed by atoms with Gasteiger partial charge in [0.2, 0.25) is 5.95 Å². The van der Waals surface area contributed by atoms with Crippen LogP contribution in [0.1, 0.15) is 25.0 Å². The quantitative estimate of drug-likeness (QED) is 0.373. The molecule has 4 aromatic rings. The fourth-order valence-corrected chi connectivity index (χ4v) is 4.63. The summed E-state index contributed by atoms with van der Waals surface area (Å²) in [6.45, 7) is 5.90. The van der Waals surface area contributed by atoms with Crippen LogP contribution in [0.4, 0.5) is 16.2 Å². The van der Waals surface area contributed by atoms with E-state index in [0.29, 0.717) is 48.1 Å². The first-order chi connectivity index (χ1) is 18.9. The number of hydrogen-bond acceptors (Lipinski definition) is 9. The van der Waals surface area contributed by atoms with Gasteiger partial charge in [-0.1, -0.05) is 13.0 Å². The van der Waals surface area contributed by atoms with Crippen LogP contribution in [0.15, 0.2) is 54.0 Å². The van der Waals surface area contributed by atoms with Crippen molar-refractivity contribution >= 4 is 11.8 Å². The number of rotatable bonds is 6. The monoisotopic (exact) mass is 524 g/mol. The molecule has 1 fully saturated rings. The highest BCUT2D eigenvalue weighted by Gasteiger charge is 2.28. The number of aromatic nitrogens is 6. The number of aryl methyl sites for hydroxylation is 1. The SMILES string of the molecule is CCc1cnc(N2CCN(c3ncc(-c4ccc(-n5cnn(CC#N)c5=O)c(F)c4)cc3C#N)[C@@H](C)C2)nc1. The fourth-order valence-electron chi connectivity index (χ4n) is 4.63. The number of anilines is 2. The lowest BCUT2D eigenvalue weighted by molar-refractivity contribution is 0.538. The summed E-state index contributed by atoms with van der Waals surface area (Å²) in [5, 5.41) is 22.6. The van der Waals surface area contributed by atoms with Crippen LogP contribution in [0.2, 0.25) is 0 Å². The summed E-state index contributed by atoms with van der Waals surface area (Å²) in [6, 6.07) is 10.2. The summed E-state index contributed by atoms with van der Waals surface area (Å²) in [4.78, 5) is 30.2. The lowest BCUT2D eigenvalue weighted by atomic mass is 10.0. The smallest absolute Gasteiger partial charge is 0.349 e. The number of hydrogen-bond donors (Lipinski definition) is 0. The van der Waals surface area contributed by atoms with Crippen molar-refractivity contribution in [1.82, 2.24) is 29.3 Å². The van der Waals surface area contributed by atoms with Crippen molar-refractivity contribution in [2.24, 2.45) is 0 Å². The second-order valence-electron chi connectivity index (χ2n) is 9.21. The number of benzene rings is 1. The van der Waals surface area contributed by atoms with Gasteiger partial charge in [-0.25, -0.2) is 28.7 Å². The average Bonchev–Trinajstić information content (AvgIpc) is 3.32. The molecule has 4 heterocycles. The van der Waals surface area contributed by atoms with Crippen molar-refractivity contribution in [2.75, 3.05) is 29.4 Å². The lowest BCUT2D eigenvalue weighted by Crippen LogP contribution is -2.53. The van der Waals surface area contributed by atoms with Crippen LogP contribution < -0.4 is 15.5 Å². The zero-order valence-electron chi connectivity index (χ0n) is 21.5. The average molecular weight is 525 g/mol. The molecule has 0 spiro atoms. The number of pyridine rings is 1. The maximum atomic E-state index is 15.0. The molecule has 0 saturated carbocycles. The Morgan fingerprint density at radius 1 is 1.08 bits per heavy atom. The standard InChI is InChI=1S/C27H25FN10O/c1-3-19-13-32-26(33-14-19)35-8-9-36(18(2)16-35)25-21(12-30)10-22(15-31-25)20-4-5-24(23(28)11-20)37-17-34-38(7-6-29)27(37)39/h4-5,10-11,13-15,17-18H,3,7-9,16H2,1-2H3/t18-/m0/s1. The molecule has 0 radical (unpaired) electrons. The third-order valence-electron chi connectivity index (χ3n) is 6.76. The number of halogens is 1. The summed E-state index contributed by atoms with van der Waals surface area (Å²) in [5.74, 6) is 0.615. The van der Waals surface area contributed by atoms with Crippen molar-refractivity contribution in [3.63, 3.8) is 0 Å². The van der Waals surface area contributed by atoms with E-state index in [-0.39, 0.29) is 18.3 Å². The molecular formula is C27H25FN10O. The highest BCUT2D eigenvalue weighted by molar-refractivity contribution is 5.69. The van der Waals surface area contributed by atoms with Crippen LogP contribution in [-0.4, -0.2) is 55.0 Å². The lowest BCUT2D eigenvalue weighted by Gasteiger charge is -2.40. The number of nitriles is 2. The maximum Gasteiger partial charge on any atom is 0.351 e. The fraction of sp³-hybridized carbons (Fsp3) is 0.296. The summed E-state index contributed by atoms with van der Waals surface area (Å²) in [5.41, 5.74) is 1.95. The molecule has 39 heavy (non-hydrogen) atoms. The number of piperazine rings is 1. The zero-order chi connectivity index (χ0) is 27.5. The van der Waals surface area contributed by atoms with E-state index in [1.54, 1.807) is 18.3 Å². The molecule has 1 atom stereocenters. The Morgan fingerprint density at radius 3 is 2.54 bits per heavy atom. The van der Waals surface area contributed by atoms with Crippen LogP contribution in [0.5, 0.6) is 0 Å². The Morgan fingerprint density at radius 2 is 1.87 bits per heavy atom. The van der Waals surface area contributed by atoms with Gasteiger partial charge in [0.25, 0.3) is 0 Å². The summed E-state index contributed by atoms with van der Waals surface area (Å²) in [7, 11) is 0. The largest absolute Gasteiger partial charge is 0.351 e. The third-order valence-corrected chi connectivity index (χ3v) is 6.76. The van der Waals surface area contributed by atoms with Crippen molar-refractivity contribution < 1.29 is 4.39 Å². The van der Waals surface area contributed by atoms with E-state index in [1.165, 1.54) is 18.5 Å². The van der Waals surface area contributed by atoms with E-state index < -0.39 is 11.5 Å². The molecule has 12 heteroatoms. The van der Waals surface area contributed by atoms with Crippen LogP contribution in [0.3, 0.4) is 0 Å². The van der Waals surface area contributed by atoms with Crippen molar-refractivity contribution in [3.05, 3.63) is 76.6 Å². The molecule has 5 rings (SSSR count). The van der Waals surface area contributed by atoms with Gasteiger partial charge in [-0.3, -0.25) is 0 Å². The molecule has 1 aromatic carbocycles. The normalized spacial score (nSPS) is 15.2. The van der Waals surface area contributed by atoms with Gasteiger partial charge in [-0.05, 0) is 42.7 Å². The van der Waals surface area contributed by atoms with E-state index in [4.69, 9.17) is 5.26 Å². The molecule has 0 bridgehead atoms. The van der Waals surface area contributed by atoms with Gasteiger partial charge in [-0.2, -0.15) is 20.3 Å². The molecule has 1 aliphatic rings. The Labute approximate surface area is 224 Å². The van der Waals surface area contributed by atoms with E-state index in [1.807, 2.05) is 18.5 Å². The molecular weight excluding hydrogens is 499 g/mol. The van der Waals surface area contributed by atoms with Crippen molar-refractivity contribution in [2.45, 2.75) is 32.9 Å². The van der Waals surface area contributed by atoms with Gasteiger partial charge >= 0.3 is 5.69 Å². The Balaban J connectivity index is 1.36. The topological polar surface area (TPSA) is 133 Å². The summed E-state index contributed by atoms with van der Waals surface area (Å²) in [6.07, 6.45) is 7.38. The van der Waals surface area contributed by atoms with E-state index in [2.05, 4.69) is 49.8 Å². The molecule has 1 saturated heterocycles. The highest BCUT2D eigenvalue weighted by atomic mass is 19.1. The first kappa shape index (κ1) is 25.5. The van der Waals surface area contributed by atoms with Gasteiger partial charge in [0.1, 0.15) is 30.6 Å². The van der Waals surface area contributed by atoms with Crippen LogP contribution in [-0.2, 0) is 13.0 Å². The molecule has 1 aliphatic heterocycles. The predicted octanol–water partition coefficient (Wildman–Crippen LogP) is 2.70. The Hall–Kier alpha value is -5.10.